The van der Waals surface area contributed by atoms with Gasteiger partial charge in [0.2, 0.25) is 0 Å². The van der Waals surface area contributed by atoms with Gasteiger partial charge >= 0.3 is 5.97 Å². The number of nitrogens with zero attached hydrogens (tertiary/aromatic N) is 1. The van der Waals surface area contributed by atoms with Gasteiger partial charge in [0.1, 0.15) is 5.56 Å². The highest BCUT2D eigenvalue weighted by Gasteiger charge is 2.18. The SMILES string of the molecule is NCc1ccccc1-c1oncc1C(=O)O. The number of rotatable bonds is 3. The zero-order valence-corrected chi connectivity index (χ0v) is 8.38. The Bertz CT molecular complexity index is 519. The number of carboxylic acid groups (broad SMARTS) is 1. The van der Waals surface area contributed by atoms with Crippen molar-refractivity contribution in [1.29, 1.82) is 0 Å². The van der Waals surface area contributed by atoms with Gasteiger partial charge in [-0.05, 0) is 5.56 Å². The van der Waals surface area contributed by atoms with Crippen molar-refractivity contribution in [3.63, 3.8) is 0 Å². The minimum Gasteiger partial charge on any atom is -0.477 e. The lowest BCUT2D eigenvalue weighted by Gasteiger charge is -2.04. The molecule has 1 heterocycles. The van der Waals surface area contributed by atoms with Gasteiger partial charge in [-0.25, -0.2) is 4.79 Å². The average molecular weight is 218 g/mol. The van der Waals surface area contributed by atoms with Crippen LogP contribution in [0.3, 0.4) is 0 Å². The number of benzene rings is 1. The fourth-order valence-electron chi connectivity index (χ4n) is 1.51. The fraction of sp³-hybridized carbons (Fsp3) is 0.0909. The molecule has 0 aliphatic heterocycles. The number of carbonyl (C=O) groups is 1. The highest BCUT2D eigenvalue weighted by molar-refractivity contribution is 5.94. The molecular weight excluding hydrogens is 208 g/mol. The molecule has 82 valence electrons. The molecular formula is C11H10N2O3. The zero-order valence-electron chi connectivity index (χ0n) is 8.38. The molecule has 0 bridgehead atoms. The summed E-state index contributed by atoms with van der Waals surface area (Å²) >= 11 is 0. The highest BCUT2D eigenvalue weighted by atomic mass is 16.5. The summed E-state index contributed by atoms with van der Waals surface area (Å²) in [6, 6.07) is 7.21. The van der Waals surface area contributed by atoms with E-state index in [1.54, 1.807) is 12.1 Å². The quantitative estimate of drug-likeness (QED) is 0.814. The number of aromatic nitrogens is 1. The van der Waals surface area contributed by atoms with Gasteiger partial charge in [-0.2, -0.15) is 0 Å². The molecule has 0 radical (unpaired) electrons. The van der Waals surface area contributed by atoms with Crippen molar-refractivity contribution in [1.82, 2.24) is 5.16 Å². The van der Waals surface area contributed by atoms with Crippen molar-refractivity contribution in [2.75, 3.05) is 0 Å². The maximum atomic E-state index is 10.9. The van der Waals surface area contributed by atoms with Gasteiger partial charge in [-0.1, -0.05) is 29.4 Å². The standard InChI is InChI=1S/C11H10N2O3/c12-5-7-3-1-2-4-8(7)10-9(11(14)15)6-13-16-10/h1-4,6H,5,12H2,(H,14,15). The molecule has 1 aromatic heterocycles. The first-order valence-electron chi connectivity index (χ1n) is 4.70. The van der Waals surface area contributed by atoms with Gasteiger partial charge in [-0.15, -0.1) is 0 Å². The number of hydrogen-bond acceptors (Lipinski definition) is 4. The minimum absolute atomic E-state index is 0.0425. The second-order valence-electron chi connectivity index (χ2n) is 3.24. The maximum Gasteiger partial charge on any atom is 0.341 e. The smallest absolute Gasteiger partial charge is 0.341 e. The Balaban J connectivity index is 2.58. The van der Waals surface area contributed by atoms with Crippen LogP contribution in [0.2, 0.25) is 0 Å². The van der Waals surface area contributed by atoms with Crippen LogP contribution in [0.15, 0.2) is 35.0 Å². The van der Waals surface area contributed by atoms with E-state index in [0.29, 0.717) is 12.1 Å². The van der Waals surface area contributed by atoms with E-state index in [4.69, 9.17) is 15.4 Å². The molecule has 3 N–H and O–H groups in total. The molecule has 0 atom stereocenters. The van der Waals surface area contributed by atoms with Crippen molar-refractivity contribution < 1.29 is 14.4 Å². The summed E-state index contributed by atoms with van der Waals surface area (Å²) in [6.45, 7) is 0.315. The largest absolute Gasteiger partial charge is 0.477 e. The third-order valence-electron chi connectivity index (χ3n) is 2.28. The van der Waals surface area contributed by atoms with Crippen LogP contribution in [0.5, 0.6) is 0 Å². The minimum atomic E-state index is -1.07. The first-order valence-corrected chi connectivity index (χ1v) is 4.70. The molecule has 5 nitrogen and oxygen atoms in total. The van der Waals surface area contributed by atoms with E-state index in [-0.39, 0.29) is 11.3 Å². The molecule has 0 saturated heterocycles. The summed E-state index contributed by atoms with van der Waals surface area (Å²) in [6.07, 6.45) is 1.19. The molecule has 0 aliphatic rings. The Kier molecular flexibility index (Phi) is 2.70. The lowest BCUT2D eigenvalue weighted by molar-refractivity contribution is 0.0697. The van der Waals surface area contributed by atoms with Crippen LogP contribution in [0.25, 0.3) is 11.3 Å². The first-order chi connectivity index (χ1) is 7.74. The predicted molar refractivity (Wildman–Crippen MR) is 56.8 cm³/mol. The maximum absolute atomic E-state index is 10.9. The van der Waals surface area contributed by atoms with Crippen LogP contribution < -0.4 is 5.73 Å². The van der Waals surface area contributed by atoms with Crippen molar-refractivity contribution >= 4 is 5.97 Å². The number of carboxylic acids is 1. The molecule has 2 rings (SSSR count). The molecule has 1 aromatic carbocycles. The molecule has 0 amide bonds. The van der Waals surface area contributed by atoms with E-state index in [9.17, 15) is 4.79 Å². The van der Waals surface area contributed by atoms with Crippen molar-refractivity contribution in [2.45, 2.75) is 6.54 Å². The van der Waals surface area contributed by atoms with Crippen LogP contribution in [0.1, 0.15) is 15.9 Å². The molecule has 0 spiro atoms. The monoisotopic (exact) mass is 218 g/mol. The van der Waals surface area contributed by atoms with Gasteiger partial charge in [0, 0.05) is 12.1 Å². The third-order valence-corrected chi connectivity index (χ3v) is 2.28. The van der Waals surface area contributed by atoms with Crippen molar-refractivity contribution in [3.05, 3.63) is 41.6 Å². The van der Waals surface area contributed by atoms with E-state index in [2.05, 4.69) is 5.16 Å². The summed E-state index contributed by atoms with van der Waals surface area (Å²) in [7, 11) is 0. The summed E-state index contributed by atoms with van der Waals surface area (Å²) in [5.41, 5.74) is 7.10. The van der Waals surface area contributed by atoms with E-state index < -0.39 is 5.97 Å². The Morgan fingerprint density at radius 1 is 1.44 bits per heavy atom. The normalized spacial score (nSPS) is 10.3. The van der Waals surface area contributed by atoms with Crippen LogP contribution in [-0.4, -0.2) is 16.2 Å². The Hall–Kier alpha value is -2.14. The number of aromatic carboxylic acids is 1. The molecule has 16 heavy (non-hydrogen) atoms. The van der Waals surface area contributed by atoms with Crippen LogP contribution in [-0.2, 0) is 6.54 Å². The Labute approximate surface area is 91.5 Å². The predicted octanol–water partition coefficient (Wildman–Crippen LogP) is 1.50. The molecule has 0 aliphatic carbocycles. The summed E-state index contributed by atoms with van der Waals surface area (Å²) in [4.78, 5) is 10.9. The third kappa shape index (κ3) is 1.68. The number of nitrogens with two attached hydrogens (primary N) is 1. The Morgan fingerprint density at radius 3 is 2.88 bits per heavy atom. The molecule has 0 fully saturated rings. The average Bonchev–Trinajstić information content (AvgIpc) is 2.77. The van der Waals surface area contributed by atoms with Crippen molar-refractivity contribution in [2.24, 2.45) is 5.73 Å². The van der Waals surface area contributed by atoms with E-state index in [1.165, 1.54) is 6.20 Å². The lowest BCUT2D eigenvalue weighted by Crippen LogP contribution is -2.01. The molecule has 2 aromatic rings. The van der Waals surface area contributed by atoms with Crippen LogP contribution >= 0.6 is 0 Å². The first kappa shape index (κ1) is 10.4. The second kappa shape index (κ2) is 4.16. The summed E-state index contributed by atoms with van der Waals surface area (Å²) in [5, 5.41) is 12.4. The van der Waals surface area contributed by atoms with Gasteiger partial charge in [-0.3, -0.25) is 0 Å². The number of hydrogen-bond donors (Lipinski definition) is 2. The van der Waals surface area contributed by atoms with Gasteiger partial charge in [0.15, 0.2) is 5.76 Å². The van der Waals surface area contributed by atoms with E-state index in [0.717, 1.165) is 5.56 Å². The van der Waals surface area contributed by atoms with Gasteiger partial charge < -0.3 is 15.4 Å². The van der Waals surface area contributed by atoms with Crippen LogP contribution in [0, 0.1) is 0 Å². The van der Waals surface area contributed by atoms with Gasteiger partial charge in [0.25, 0.3) is 0 Å². The zero-order chi connectivity index (χ0) is 11.5. The highest BCUT2D eigenvalue weighted by Crippen LogP contribution is 2.26. The van der Waals surface area contributed by atoms with E-state index in [1.807, 2.05) is 12.1 Å². The van der Waals surface area contributed by atoms with Crippen LogP contribution in [0.4, 0.5) is 0 Å². The summed E-state index contributed by atoms with van der Waals surface area (Å²) < 4.78 is 4.97. The lowest BCUT2D eigenvalue weighted by atomic mass is 10.0. The fourth-order valence-corrected chi connectivity index (χ4v) is 1.51. The molecule has 0 saturated carbocycles. The van der Waals surface area contributed by atoms with E-state index >= 15 is 0 Å². The Morgan fingerprint density at radius 2 is 2.19 bits per heavy atom. The second-order valence-corrected chi connectivity index (χ2v) is 3.24. The van der Waals surface area contributed by atoms with Gasteiger partial charge in [0.05, 0.1) is 6.20 Å². The summed E-state index contributed by atoms with van der Waals surface area (Å²) in [5.74, 6) is -0.823. The molecule has 0 unspecified atom stereocenters. The topological polar surface area (TPSA) is 89.4 Å². The molecule has 5 heteroatoms. The van der Waals surface area contributed by atoms with Crippen molar-refractivity contribution in [3.8, 4) is 11.3 Å².